The van der Waals surface area contributed by atoms with Crippen molar-refractivity contribution < 1.29 is 9.53 Å². The van der Waals surface area contributed by atoms with Gasteiger partial charge >= 0.3 is 6.03 Å². The van der Waals surface area contributed by atoms with E-state index in [1.807, 2.05) is 26.8 Å². The van der Waals surface area contributed by atoms with Crippen LogP contribution in [0.3, 0.4) is 0 Å². The second-order valence-electron chi connectivity index (χ2n) is 5.66. The minimum Gasteiger partial charge on any atom is -0.496 e. The molecule has 0 unspecified atom stereocenters. The number of ether oxygens (including phenoxy) is 1. The Balaban J connectivity index is 2.85. The van der Waals surface area contributed by atoms with Gasteiger partial charge in [0, 0.05) is 12.6 Å². The van der Waals surface area contributed by atoms with E-state index in [9.17, 15) is 4.79 Å². The summed E-state index contributed by atoms with van der Waals surface area (Å²) in [4.78, 5) is 11.6. The van der Waals surface area contributed by atoms with Crippen LogP contribution < -0.4 is 15.4 Å². The van der Waals surface area contributed by atoms with Crippen molar-refractivity contribution in [1.82, 2.24) is 10.6 Å². The third-order valence-electron chi connectivity index (χ3n) is 3.17. The number of hydrogen-bond acceptors (Lipinski definition) is 2. The van der Waals surface area contributed by atoms with Gasteiger partial charge in [0.2, 0.25) is 0 Å². The average molecular weight is 278 g/mol. The number of urea groups is 1. The first-order valence-electron chi connectivity index (χ1n) is 7.07. The zero-order valence-electron chi connectivity index (χ0n) is 13.3. The molecule has 0 aliphatic carbocycles. The van der Waals surface area contributed by atoms with Crippen molar-refractivity contribution >= 4 is 6.03 Å². The fraction of sp³-hybridized carbons (Fsp3) is 0.562. The minimum atomic E-state index is -0.138. The molecular weight excluding hydrogens is 252 g/mol. The van der Waals surface area contributed by atoms with Gasteiger partial charge in [-0.25, -0.2) is 4.79 Å². The Kier molecular flexibility index (Phi) is 5.86. The minimum absolute atomic E-state index is 0.137. The molecular formula is C16H26N2O2. The highest BCUT2D eigenvalue weighted by atomic mass is 16.5. The molecule has 4 heteroatoms. The molecule has 0 aliphatic heterocycles. The number of carbonyl (C=O) groups excluding carboxylic acids is 1. The Morgan fingerprint density at radius 2 is 1.90 bits per heavy atom. The van der Waals surface area contributed by atoms with Gasteiger partial charge < -0.3 is 15.4 Å². The highest BCUT2D eigenvalue weighted by Gasteiger charge is 2.12. The summed E-state index contributed by atoms with van der Waals surface area (Å²) in [7, 11) is 1.69. The summed E-state index contributed by atoms with van der Waals surface area (Å²) in [5, 5.41) is 5.70. The Morgan fingerprint density at radius 3 is 2.40 bits per heavy atom. The van der Waals surface area contributed by atoms with Gasteiger partial charge in [0.15, 0.2) is 0 Å². The SMILES string of the molecule is COc1cc(C)c(CNC(=O)NC(C)C)cc1C(C)C. The zero-order chi connectivity index (χ0) is 15.3. The summed E-state index contributed by atoms with van der Waals surface area (Å²) in [5.74, 6) is 1.29. The molecule has 4 nitrogen and oxygen atoms in total. The van der Waals surface area contributed by atoms with Gasteiger partial charge in [-0.2, -0.15) is 0 Å². The molecule has 0 radical (unpaired) electrons. The Labute approximate surface area is 121 Å². The maximum absolute atomic E-state index is 11.6. The van der Waals surface area contributed by atoms with Crippen LogP contribution in [0.4, 0.5) is 4.79 Å². The van der Waals surface area contributed by atoms with E-state index in [4.69, 9.17) is 4.74 Å². The lowest BCUT2D eigenvalue weighted by molar-refractivity contribution is 0.238. The van der Waals surface area contributed by atoms with E-state index in [1.165, 1.54) is 5.56 Å². The molecule has 112 valence electrons. The number of aryl methyl sites for hydroxylation is 1. The molecule has 1 rings (SSSR count). The second kappa shape index (κ2) is 7.17. The first-order chi connectivity index (χ1) is 9.35. The van der Waals surface area contributed by atoms with E-state index in [0.717, 1.165) is 16.9 Å². The van der Waals surface area contributed by atoms with E-state index in [-0.39, 0.29) is 12.1 Å². The third-order valence-corrected chi connectivity index (χ3v) is 3.17. The van der Waals surface area contributed by atoms with Crippen LogP contribution >= 0.6 is 0 Å². The number of carbonyl (C=O) groups is 1. The van der Waals surface area contributed by atoms with Crippen molar-refractivity contribution in [3.8, 4) is 5.75 Å². The van der Waals surface area contributed by atoms with Crippen molar-refractivity contribution in [2.45, 2.75) is 53.1 Å². The summed E-state index contributed by atoms with van der Waals surface area (Å²) >= 11 is 0. The van der Waals surface area contributed by atoms with Crippen molar-refractivity contribution in [3.05, 3.63) is 28.8 Å². The van der Waals surface area contributed by atoms with E-state index >= 15 is 0 Å². The zero-order valence-corrected chi connectivity index (χ0v) is 13.3. The molecule has 0 fully saturated rings. The summed E-state index contributed by atoms with van der Waals surface area (Å²) < 4.78 is 5.42. The van der Waals surface area contributed by atoms with Crippen LogP contribution in [-0.2, 0) is 6.54 Å². The fourth-order valence-electron chi connectivity index (χ4n) is 2.05. The van der Waals surface area contributed by atoms with Crippen molar-refractivity contribution in [1.29, 1.82) is 0 Å². The van der Waals surface area contributed by atoms with Crippen molar-refractivity contribution in [2.75, 3.05) is 7.11 Å². The summed E-state index contributed by atoms with van der Waals surface area (Å²) in [6, 6.07) is 4.15. The topological polar surface area (TPSA) is 50.4 Å². The van der Waals surface area contributed by atoms with Crippen LogP contribution in [0.1, 0.15) is 50.3 Å². The molecule has 0 heterocycles. The lowest BCUT2D eigenvalue weighted by atomic mass is 9.96. The summed E-state index contributed by atoms with van der Waals surface area (Å²) in [6.07, 6.45) is 0. The van der Waals surface area contributed by atoms with E-state index in [2.05, 4.69) is 30.5 Å². The van der Waals surface area contributed by atoms with E-state index in [0.29, 0.717) is 12.5 Å². The molecule has 20 heavy (non-hydrogen) atoms. The van der Waals surface area contributed by atoms with Gasteiger partial charge in [-0.3, -0.25) is 0 Å². The number of nitrogens with one attached hydrogen (secondary N) is 2. The Bertz CT molecular complexity index is 468. The van der Waals surface area contributed by atoms with Gasteiger partial charge in [0.25, 0.3) is 0 Å². The second-order valence-corrected chi connectivity index (χ2v) is 5.66. The molecule has 0 bridgehead atoms. The van der Waals surface area contributed by atoms with Crippen molar-refractivity contribution in [3.63, 3.8) is 0 Å². The standard InChI is InChI=1S/C16H26N2O2/c1-10(2)14-8-13(12(5)7-15(14)20-6)9-17-16(19)18-11(3)4/h7-8,10-11H,9H2,1-6H3,(H2,17,18,19). The molecule has 0 saturated heterocycles. The van der Waals surface area contributed by atoms with Crippen LogP contribution in [0.5, 0.6) is 5.75 Å². The molecule has 2 N–H and O–H groups in total. The highest BCUT2D eigenvalue weighted by molar-refractivity contribution is 5.74. The molecule has 0 spiro atoms. The number of methoxy groups -OCH3 is 1. The van der Waals surface area contributed by atoms with Gasteiger partial charge in [0.1, 0.15) is 5.75 Å². The first-order valence-corrected chi connectivity index (χ1v) is 7.07. The lowest BCUT2D eigenvalue weighted by Crippen LogP contribution is -2.39. The van der Waals surface area contributed by atoms with Gasteiger partial charge in [-0.05, 0) is 55.5 Å². The van der Waals surface area contributed by atoms with E-state index < -0.39 is 0 Å². The predicted octanol–water partition coefficient (Wildman–Crippen LogP) is 3.33. The van der Waals surface area contributed by atoms with Gasteiger partial charge in [-0.1, -0.05) is 13.8 Å². The van der Waals surface area contributed by atoms with Crippen LogP contribution in [0, 0.1) is 6.92 Å². The third kappa shape index (κ3) is 4.44. The molecule has 0 saturated carbocycles. The summed E-state index contributed by atoms with van der Waals surface area (Å²) in [6.45, 7) is 10.7. The Hall–Kier alpha value is -1.71. The smallest absolute Gasteiger partial charge is 0.315 e. The highest BCUT2D eigenvalue weighted by Crippen LogP contribution is 2.29. The van der Waals surface area contributed by atoms with Gasteiger partial charge in [0.05, 0.1) is 7.11 Å². The largest absolute Gasteiger partial charge is 0.496 e. The number of hydrogen-bond donors (Lipinski definition) is 2. The summed E-state index contributed by atoms with van der Waals surface area (Å²) in [5.41, 5.74) is 3.41. The normalized spacial score (nSPS) is 10.8. The van der Waals surface area contributed by atoms with Crippen LogP contribution in [0.15, 0.2) is 12.1 Å². The van der Waals surface area contributed by atoms with Crippen LogP contribution in [0.25, 0.3) is 0 Å². The average Bonchev–Trinajstić information content (AvgIpc) is 2.35. The first kappa shape index (κ1) is 16.3. The fourth-order valence-corrected chi connectivity index (χ4v) is 2.05. The predicted molar refractivity (Wildman–Crippen MR) is 82.3 cm³/mol. The molecule has 0 atom stereocenters. The Morgan fingerprint density at radius 1 is 1.25 bits per heavy atom. The maximum Gasteiger partial charge on any atom is 0.315 e. The maximum atomic E-state index is 11.6. The molecule has 2 amide bonds. The molecule has 1 aromatic rings. The molecule has 0 aromatic heterocycles. The monoisotopic (exact) mass is 278 g/mol. The number of amides is 2. The number of rotatable bonds is 5. The van der Waals surface area contributed by atoms with E-state index in [1.54, 1.807) is 7.11 Å². The number of benzene rings is 1. The quantitative estimate of drug-likeness (QED) is 0.868. The van der Waals surface area contributed by atoms with Crippen LogP contribution in [0.2, 0.25) is 0 Å². The van der Waals surface area contributed by atoms with Crippen LogP contribution in [-0.4, -0.2) is 19.2 Å². The molecule has 0 aliphatic rings. The van der Waals surface area contributed by atoms with Gasteiger partial charge in [-0.15, -0.1) is 0 Å². The molecule has 1 aromatic carbocycles. The lowest BCUT2D eigenvalue weighted by Gasteiger charge is -2.17. The van der Waals surface area contributed by atoms with Crippen molar-refractivity contribution in [2.24, 2.45) is 0 Å².